The number of benzene rings is 2. The minimum Gasteiger partial charge on any atom is -0.320 e. The van der Waals surface area contributed by atoms with Crippen LogP contribution in [0.25, 0.3) is 0 Å². The summed E-state index contributed by atoms with van der Waals surface area (Å²) in [5.41, 5.74) is 5.79. The predicted octanol–water partition coefficient (Wildman–Crippen LogP) is 10.2. The molecule has 0 fully saturated rings. The summed E-state index contributed by atoms with van der Waals surface area (Å²) in [6, 6.07) is 14.6. The molecule has 0 bridgehead atoms. The molecule has 0 aliphatic carbocycles. The molecule has 0 aliphatic heterocycles. The Morgan fingerprint density at radius 2 is 0.737 bits per heavy atom. The molecule has 0 aromatic heterocycles. The summed E-state index contributed by atoms with van der Waals surface area (Å²) >= 11 is 0. The third-order valence-corrected chi connectivity index (χ3v) is 10.0. The van der Waals surface area contributed by atoms with Gasteiger partial charge in [0.1, 0.15) is 13.1 Å². The maximum Gasteiger partial charge on any atom is 0.104 e. The van der Waals surface area contributed by atoms with E-state index in [2.05, 4.69) is 91.8 Å². The van der Waals surface area contributed by atoms with Gasteiger partial charge in [-0.1, -0.05) is 75.3 Å². The summed E-state index contributed by atoms with van der Waals surface area (Å²) in [5, 5.41) is 0. The largest absolute Gasteiger partial charge is 0.320 e. The van der Waals surface area contributed by atoms with Crippen molar-refractivity contribution < 1.29 is 8.97 Å². The van der Waals surface area contributed by atoms with E-state index >= 15 is 0 Å². The second-order valence-electron chi connectivity index (χ2n) is 11.8. The first-order valence-electron chi connectivity index (χ1n) is 15.5. The van der Waals surface area contributed by atoms with Crippen LogP contribution >= 0.6 is 21.6 Å². The fraction of sp³-hybridized carbons (Fsp3) is 0.647. The third kappa shape index (κ3) is 10.6. The highest BCUT2D eigenvalue weighted by Crippen LogP contribution is 2.39. The lowest BCUT2D eigenvalue weighted by molar-refractivity contribution is -0.941. The van der Waals surface area contributed by atoms with Crippen LogP contribution in [0.5, 0.6) is 0 Å². The standard InChI is InChI=1S/C34H58N2S2/c1-9-15-35(16-10-2,17-11-3)27-31-21-29(7)23-33(25-31)37-38-34-24-30(8)22-32(26-34)28-36(18-12-4,19-13-5)20-14-6/h21-26H,9-20,27-28H2,1-8H3/q+2. The zero-order chi connectivity index (χ0) is 28.0. The monoisotopic (exact) mass is 558 g/mol. The average molecular weight is 559 g/mol. The molecule has 0 spiro atoms. The fourth-order valence-electron chi connectivity index (χ4n) is 6.79. The van der Waals surface area contributed by atoms with Crippen LogP contribution in [0.15, 0.2) is 46.2 Å². The number of rotatable bonds is 19. The summed E-state index contributed by atoms with van der Waals surface area (Å²) in [6.45, 7) is 28.6. The van der Waals surface area contributed by atoms with E-state index in [1.807, 2.05) is 21.6 Å². The summed E-state index contributed by atoms with van der Waals surface area (Å²) in [5.74, 6) is 0. The van der Waals surface area contributed by atoms with Crippen molar-refractivity contribution in [2.24, 2.45) is 0 Å². The number of nitrogens with zero attached hydrogens (tertiary/aromatic N) is 2. The van der Waals surface area contributed by atoms with Crippen molar-refractivity contribution in [2.75, 3.05) is 39.3 Å². The molecule has 0 radical (unpaired) electrons. The summed E-state index contributed by atoms with van der Waals surface area (Å²) in [6.07, 6.45) is 7.55. The van der Waals surface area contributed by atoms with E-state index in [4.69, 9.17) is 0 Å². The lowest BCUT2D eigenvalue weighted by Crippen LogP contribution is -2.48. The molecule has 2 aromatic rings. The lowest BCUT2D eigenvalue weighted by atomic mass is 10.1. The van der Waals surface area contributed by atoms with Crippen LogP contribution in [0, 0.1) is 13.8 Å². The van der Waals surface area contributed by atoms with Gasteiger partial charge in [0.25, 0.3) is 0 Å². The molecule has 0 unspecified atom stereocenters. The van der Waals surface area contributed by atoms with E-state index in [9.17, 15) is 0 Å². The maximum absolute atomic E-state index is 2.47. The van der Waals surface area contributed by atoms with Crippen molar-refractivity contribution in [3.05, 3.63) is 58.7 Å². The summed E-state index contributed by atoms with van der Waals surface area (Å²) < 4.78 is 2.47. The van der Waals surface area contributed by atoms with Gasteiger partial charge < -0.3 is 8.97 Å². The van der Waals surface area contributed by atoms with Gasteiger partial charge in [0.15, 0.2) is 0 Å². The molecular weight excluding hydrogens is 501 g/mol. The van der Waals surface area contributed by atoms with Gasteiger partial charge in [0, 0.05) is 20.9 Å². The minimum atomic E-state index is 1.16. The van der Waals surface area contributed by atoms with Crippen molar-refractivity contribution in [1.82, 2.24) is 0 Å². The number of aryl methyl sites for hydroxylation is 2. The first-order valence-corrected chi connectivity index (χ1v) is 17.7. The molecule has 2 nitrogen and oxygen atoms in total. The zero-order valence-electron chi connectivity index (χ0n) is 26.1. The van der Waals surface area contributed by atoms with Crippen molar-refractivity contribution in [2.45, 2.75) is 117 Å². The second-order valence-corrected chi connectivity index (χ2v) is 14.1. The first kappa shape index (κ1) is 33.3. The molecule has 38 heavy (non-hydrogen) atoms. The number of quaternary nitrogens is 2. The molecule has 2 aromatic carbocycles. The van der Waals surface area contributed by atoms with Gasteiger partial charge in [-0.3, -0.25) is 0 Å². The minimum absolute atomic E-state index is 1.16. The molecule has 214 valence electrons. The second kappa shape index (κ2) is 17.0. The maximum atomic E-state index is 2.47. The SMILES string of the molecule is CCC[N+](CCC)(CCC)Cc1cc(C)cc(SSc2cc(C)cc(C[N+](CCC)(CCC)CCC)c2)c1. The van der Waals surface area contributed by atoms with Crippen LogP contribution in [-0.4, -0.2) is 48.2 Å². The molecule has 0 N–H and O–H groups in total. The molecule has 0 aliphatic rings. The molecule has 0 heterocycles. The summed E-state index contributed by atoms with van der Waals surface area (Å²) in [4.78, 5) is 2.78. The Kier molecular flexibility index (Phi) is 14.9. The highest BCUT2D eigenvalue weighted by Gasteiger charge is 2.26. The van der Waals surface area contributed by atoms with Crippen molar-refractivity contribution in [3.63, 3.8) is 0 Å². The highest BCUT2D eigenvalue weighted by atomic mass is 33.1. The normalized spacial score (nSPS) is 12.3. The molecule has 0 saturated heterocycles. The van der Waals surface area contributed by atoms with Crippen LogP contribution in [0.4, 0.5) is 0 Å². The average Bonchev–Trinajstić information content (AvgIpc) is 2.83. The molecular formula is C34H58N2S2+2. The third-order valence-electron chi connectivity index (χ3n) is 7.68. The van der Waals surface area contributed by atoms with Crippen molar-refractivity contribution in [3.8, 4) is 0 Å². The molecule has 0 saturated carbocycles. The lowest BCUT2D eigenvalue weighted by Gasteiger charge is -2.39. The van der Waals surface area contributed by atoms with Gasteiger partial charge >= 0.3 is 0 Å². The van der Waals surface area contributed by atoms with E-state index in [-0.39, 0.29) is 0 Å². The Morgan fingerprint density at radius 1 is 0.447 bits per heavy atom. The fourth-order valence-corrected chi connectivity index (χ4v) is 9.00. The van der Waals surface area contributed by atoms with Gasteiger partial charge in [-0.05, 0) is 87.8 Å². The molecule has 0 amide bonds. The Bertz CT molecular complexity index is 844. The van der Waals surface area contributed by atoms with Crippen molar-refractivity contribution >= 4 is 21.6 Å². The van der Waals surface area contributed by atoms with Crippen LogP contribution < -0.4 is 0 Å². The summed E-state index contributed by atoms with van der Waals surface area (Å²) in [7, 11) is 3.88. The topological polar surface area (TPSA) is 0 Å². The van der Waals surface area contributed by atoms with Gasteiger partial charge in [-0.15, -0.1) is 0 Å². The first-order chi connectivity index (χ1) is 18.3. The van der Waals surface area contributed by atoms with Crippen molar-refractivity contribution in [1.29, 1.82) is 0 Å². The van der Waals surface area contributed by atoms with E-state index in [1.165, 1.54) is 119 Å². The van der Waals surface area contributed by atoms with Crippen LogP contribution in [0.2, 0.25) is 0 Å². The van der Waals surface area contributed by atoms with Crippen LogP contribution in [-0.2, 0) is 13.1 Å². The van der Waals surface area contributed by atoms with Gasteiger partial charge in [0.05, 0.1) is 39.3 Å². The smallest absolute Gasteiger partial charge is 0.104 e. The Labute approximate surface area is 244 Å². The quantitative estimate of drug-likeness (QED) is 0.124. The number of hydrogen-bond donors (Lipinski definition) is 0. The molecule has 4 heteroatoms. The van der Waals surface area contributed by atoms with E-state index in [0.717, 1.165) is 13.1 Å². The van der Waals surface area contributed by atoms with E-state index in [0.29, 0.717) is 0 Å². The van der Waals surface area contributed by atoms with Gasteiger partial charge in [-0.25, -0.2) is 0 Å². The number of hydrogen-bond acceptors (Lipinski definition) is 2. The van der Waals surface area contributed by atoms with Crippen LogP contribution in [0.3, 0.4) is 0 Å². The Hall–Kier alpha value is -0.940. The molecule has 2 rings (SSSR count). The van der Waals surface area contributed by atoms with Gasteiger partial charge in [-0.2, -0.15) is 0 Å². The Balaban J connectivity index is 2.23. The predicted molar refractivity (Wildman–Crippen MR) is 173 cm³/mol. The van der Waals surface area contributed by atoms with Gasteiger partial charge in [0.2, 0.25) is 0 Å². The Morgan fingerprint density at radius 3 is 1.00 bits per heavy atom. The van der Waals surface area contributed by atoms with E-state index in [1.54, 1.807) is 0 Å². The van der Waals surface area contributed by atoms with E-state index < -0.39 is 0 Å². The highest BCUT2D eigenvalue weighted by molar-refractivity contribution is 8.76. The van der Waals surface area contributed by atoms with Crippen LogP contribution in [0.1, 0.15) is 102 Å². The zero-order valence-corrected chi connectivity index (χ0v) is 27.7. The molecule has 0 atom stereocenters.